The van der Waals surface area contributed by atoms with Crippen LogP contribution in [-0.4, -0.2) is 29.1 Å². The van der Waals surface area contributed by atoms with Gasteiger partial charge in [0, 0.05) is 13.2 Å². The van der Waals surface area contributed by atoms with Gasteiger partial charge in [-0.15, -0.1) is 0 Å². The number of halogens is 1. The van der Waals surface area contributed by atoms with Gasteiger partial charge >= 0.3 is 0 Å². The second kappa shape index (κ2) is 5.49. The number of rotatable bonds is 3. The van der Waals surface area contributed by atoms with Crippen molar-refractivity contribution in [3.63, 3.8) is 0 Å². The van der Waals surface area contributed by atoms with Crippen LogP contribution in [0, 0.1) is 0 Å². The maximum absolute atomic E-state index is 6.37. The molecule has 0 bridgehead atoms. The molecule has 100 valence electrons. The standard InChI is InChI=1S/C13H19ClN2O2/c14-13-12(18-11-3-1-2-4-11)9-15-16(13)10-5-7-17-8-6-10/h9-11H,1-8H2. The molecule has 0 spiro atoms. The van der Waals surface area contributed by atoms with Gasteiger partial charge < -0.3 is 9.47 Å². The van der Waals surface area contributed by atoms with Crippen LogP contribution >= 0.6 is 11.6 Å². The third-order valence-electron chi connectivity index (χ3n) is 3.84. The topological polar surface area (TPSA) is 36.3 Å². The highest BCUT2D eigenvalue weighted by Gasteiger charge is 2.23. The fraction of sp³-hybridized carbons (Fsp3) is 0.769. The lowest BCUT2D eigenvalue weighted by Gasteiger charge is -2.23. The highest BCUT2D eigenvalue weighted by molar-refractivity contribution is 6.31. The zero-order valence-corrected chi connectivity index (χ0v) is 11.2. The van der Waals surface area contributed by atoms with E-state index in [1.165, 1.54) is 12.8 Å². The molecule has 1 saturated heterocycles. The molecule has 2 fully saturated rings. The van der Waals surface area contributed by atoms with Crippen LogP contribution in [0.2, 0.25) is 5.15 Å². The summed E-state index contributed by atoms with van der Waals surface area (Å²) in [4.78, 5) is 0. The van der Waals surface area contributed by atoms with E-state index in [0.29, 0.717) is 17.3 Å². The Balaban J connectivity index is 1.70. The van der Waals surface area contributed by atoms with Crippen LogP contribution in [0.15, 0.2) is 6.20 Å². The zero-order chi connectivity index (χ0) is 12.4. The van der Waals surface area contributed by atoms with E-state index in [1.54, 1.807) is 6.20 Å². The van der Waals surface area contributed by atoms with E-state index in [0.717, 1.165) is 44.6 Å². The largest absolute Gasteiger partial charge is 0.486 e. The first-order chi connectivity index (χ1) is 8.84. The second-order valence-corrected chi connectivity index (χ2v) is 5.47. The summed E-state index contributed by atoms with van der Waals surface area (Å²) in [6, 6.07) is 0.354. The Bertz CT molecular complexity index is 396. The quantitative estimate of drug-likeness (QED) is 0.846. The molecule has 3 rings (SSSR count). The molecule has 2 heterocycles. The number of aromatic nitrogens is 2. The fourth-order valence-electron chi connectivity index (χ4n) is 2.78. The van der Waals surface area contributed by atoms with Gasteiger partial charge in [0.1, 0.15) is 0 Å². The minimum Gasteiger partial charge on any atom is -0.486 e. The Hall–Kier alpha value is -0.740. The Morgan fingerprint density at radius 3 is 2.67 bits per heavy atom. The van der Waals surface area contributed by atoms with E-state index in [-0.39, 0.29) is 0 Å². The molecule has 4 nitrogen and oxygen atoms in total. The minimum atomic E-state index is 0.329. The van der Waals surface area contributed by atoms with E-state index in [4.69, 9.17) is 21.1 Å². The van der Waals surface area contributed by atoms with Crippen LogP contribution in [0.4, 0.5) is 0 Å². The molecule has 2 aliphatic rings. The number of ether oxygens (including phenoxy) is 2. The molecule has 1 aromatic heterocycles. The molecule has 1 saturated carbocycles. The average molecular weight is 271 g/mol. The Morgan fingerprint density at radius 1 is 1.22 bits per heavy atom. The van der Waals surface area contributed by atoms with Gasteiger partial charge in [-0.1, -0.05) is 11.6 Å². The van der Waals surface area contributed by atoms with Gasteiger partial charge in [0.25, 0.3) is 0 Å². The van der Waals surface area contributed by atoms with Crippen LogP contribution in [-0.2, 0) is 4.74 Å². The van der Waals surface area contributed by atoms with Crippen molar-refractivity contribution in [2.45, 2.75) is 50.7 Å². The molecule has 0 aromatic carbocycles. The van der Waals surface area contributed by atoms with E-state index < -0.39 is 0 Å². The molecule has 1 aliphatic heterocycles. The summed E-state index contributed by atoms with van der Waals surface area (Å²) in [5, 5.41) is 5.03. The molecular weight excluding hydrogens is 252 g/mol. The van der Waals surface area contributed by atoms with Crippen molar-refractivity contribution in [1.29, 1.82) is 0 Å². The maximum atomic E-state index is 6.37. The molecule has 0 radical (unpaired) electrons. The van der Waals surface area contributed by atoms with E-state index in [1.807, 2.05) is 4.68 Å². The van der Waals surface area contributed by atoms with E-state index >= 15 is 0 Å². The third kappa shape index (κ3) is 2.50. The Morgan fingerprint density at radius 2 is 1.94 bits per heavy atom. The van der Waals surface area contributed by atoms with Gasteiger partial charge in [-0.3, -0.25) is 0 Å². The van der Waals surface area contributed by atoms with E-state index in [2.05, 4.69) is 5.10 Å². The Kier molecular flexibility index (Phi) is 3.75. The normalized spacial score (nSPS) is 22.5. The summed E-state index contributed by atoms with van der Waals surface area (Å²) in [5.74, 6) is 0.745. The molecule has 1 aromatic rings. The van der Waals surface area contributed by atoms with Crippen molar-refractivity contribution in [2.75, 3.05) is 13.2 Å². The van der Waals surface area contributed by atoms with Crippen LogP contribution < -0.4 is 4.74 Å². The molecule has 0 atom stereocenters. The van der Waals surface area contributed by atoms with Gasteiger partial charge in [-0.25, -0.2) is 4.68 Å². The van der Waals surface area contributed by atoms with Crippen molar-refractivity contribution in [3.8, 4) is 5.75 Å². The molecule has 5 heteroatoms. The van der Waals surface area contributed by atoms with Gasteiger partial charge in [-0.05, 0) is 38.5 Å². The number of hydrogen-bond acceptors (Lipinski definition) is 3. The highest BCUT2D eigenvalue weighted by atomic mass is 35.5. The molecular formula is C13H19ClN2O2. The van der Waals surface area contributed by atoms with Crippen LogP contribution in [0.25, 0.3) is 0 Å². The second-order valence-electron chi connectivity index (χ2n) is 5.11. The summed E-state index contributed by atoms with van der Waals surface area (Å²) >= 11 is 6.37. The summed E-state index contributed by atoms with van der Waals surface area (Å²) < 4.78 is 13.2. The van der Waals surface area contributed by atoms with Crippen molar-refractivity contribution >= 4 is 11.6 Å². The molecule has 0 N–H and O–H groups in total. The summed E-state index contributed by atoms with van der Waals surface area (Å²) in [6.45, 7) is 1.58. The van der Waals surface area contributed by atoms with Crippen molar-refractivity contribution in [2.24, 2.45) is 0 Å². The van der Waals surface area contributed by atoms with Gasteiger partial charge in [-0.2, -0.15) is 5.10 Å². The van der Waals surface area contributed by atoms with Crippen molar-refractivity contribution in [3.05, 3.63) is 11.3 Å². The third-order valence-corrected chi connectivity index (χ3v) is 4.20. The summed E-state index contributed by atoms with van der Waals surface area (Å²) in [5.41, 5.74) is 0. The highest BCUT2D eigenvalue weighted by Crippen LogP contribution is 2.33. The zero-order valence-electron chi connectivity index (χ0n) is 10.5. The molecule has 1 aliphatic carbocycles. The fourth-order valence-corrected chi connectivity index (χ4v) is 3.06. The van der Waals surface area contributed by atoms with Gasteiger partial charge in [0.15, 0.2) is 10.9 Å². The van der Waals surface area contributed by atoms with Gasteiger partial charge in [0.05, 0.1) is 18.3 Å². The lowest BCUT2D eigenvalue weighted by atomic mass is 10.1. The Labute approximate surface area is 112 Å². The van der Waals surface area contributed by atoms with Crippen LogP contribution in [0.5, 0.6) is 5.75 Å². The SMILES string of the molecule is Clc1c(OC2CCCC2)cnn1C1CCOCC1. The van der Waals surface area contributed by atoms with Crippen LogP contribution in [0.1, 0.15) is 44.6 Å². The summed E-state index contributed by atoms with van der Waals surface area (Å²) in [6.07, 6.45) is 8.84. The number of nitrogens with zero attached hydrogens (tertiary/aromatic N) is 2. The average Bonchev–Trinajstić information content (AvgIpc) is 3.03. The predicted octanol–water partition coefficient (Wildman–Crippen LogP) is 3.21. The first-order valence-electron chi connectivity index (χ1n) is 6.82. The number of hydrogen-bond donors (Lipinski definition) is 0. The predicted molar refractivity (Wildman–Crippen MR) is 69.2 cm³/mol. The molecule has 0 amide bonds. The lowest BCUT2D eigenvalue weighted by Crippen LogP contribution is -2.20. The van der Waals surface area contributed by atoms with E-state index in [9.17, 15) is 0 Å². The first kappa shape index (κ1) is 12.3. The minimum absolute atomic E-state index is 0.329. The monoisotopic (exact) mass is 270 g/mol. The summed E-state index contributed by atoms with van der Waals surface area (Å²) in [7, 11) is 0. The van der Waals surface area contributed by atoms with Crippen LogP contribution in [0.3, 0.4) is 0 Å². The van der Waals surface area contributed by atoms with Gasteiger partial charge in [0.2, 0.25) is 0 Å². The lowest BCUT2D eigenvalue weighted by molar-refractivity contribution is 0.0662. The van der Waals surface area contributed by atoms with Crippen molar-refractivity contribution < 1.29 is 9.47 Å². The maximum Gasteiger partial charge on any atom is 0.176 e. The smallest absolute Gasteiger partial charge is 0.176 e. The molecule has 0 unspecified atom stereocenters. The van der Waals surface area contributed by atoms with Crippen molar-refractivity contribution in [1.82, 2.24) is 9.78 Å². The molecule has 18 heavy (non-hydrogen) atoms. The first-order valence-corrected chi connectivity index (χ1v) is 7.20.